The van der Waals surface area contributed by atoms with Crippen molar-refractivity contribution in [2.75, 3.05) is 0 Å². The molecule has 0 heterocycles. The fourth-order valence-electron chi connectivity index (χ4n) is 7.59. The Hall–Kier alpha value is -7.02. The Morgan fingerprint density at radius 2 is 0.618 bits per heavy atom. The molecule has 0 atom stereocenters. The zero-order valence-electron chi connectivity index (χ0n) is 61.5. The van der Waals surface area contributed by atoms with E-state index in [0.29, 0.717) is 0 Å². The highest BCUT2D eigenvalue weighted by molar-refractivity contribution is 6.25. The molecule has 0 unspecified atom stereocenters. The standard InChI is InChI=1S/C55H34/c1-2-14-35(15-3-1)38-30-39(36-26-28-45-43-18-5-4-16-41(43)42-17-6-7-19-44(42)49(45)33-36)32-40(31-38)37-27-29-54-50(34-37)48-22-10-13-25-53(48)55(54)51-23-11-8-20-46(51)47-21-9-12-24-52(47)55/h1-34H/i1D,2D,3D,4D,5D,6D,7D,8D,9D,10D,11D,12D,13D,14D,15D,16D,17D,18D,19D,20D,21D,22D,23D,24D,25D,26D,27D,28D,29D,30D,31D,32D,33D,34D. The van der Waals surface area contributed by atoms with Crippen molar-refractivity contribution in [1.29, 1.82) is 0 Å². The Morgan fingerprint density at radius 3 is 1.18 bits per heavy atom. The van der Waals surface area contributed by atoms with E-state index in [2.05, 4.69) is 0 Å². The highest BCUT2D eigenvalue weighted by atomic mass is 14.5. The van der Waals surface area contributed by atoms with Gasteiger partial charge in [0.15, 0.2) is 0 Å². The van der Waals surface area contributed by atoms with Gasteiger partial charge in [-0.1, -0.05) is 175 Å². The van der Waals surface area contributed by atoms with Crippen LogP contribution in [0.5, 0.6) is 0 Å². The van der Waals surface area contributed by atoms with Crippen LogP contribution in [-0.2, 0) is 5.41 Å². The maximum atomic E-state index is 10.3. The largest absolute Gasteiger partial charge is 0.0725 e. The van der Waals surface area contributed by atoms with Gasteiger partial charge in [0.2, 0.25) is 0 Å². The Bertz CT molecular complexity index is 5040. The molecule has 0 bridgehead atoms. The van der Waals surface area contributed by atoms with Crippen molar-refractivity contribution < 1.29 is 46.6 Å². The topological polar surface area (TPSA) is 0 Å². The summed E-state index contributed by atoms with van der Waals surface area (Å²) in [5.74, 6) is 0. The van der Waals surface area contributed by atoms with Crippen LogP contribution in [-0.4, -0.2) is 0 Å². The van der Waals surface area contributed by atoms with Gasteiger partial charge in [0.1, 0.15) is 0 Å². The lowest BCUT2D eigenvalue weighted by molar-refractivity contribution is 0.794. The quantitative estimate of drug-likeness (QED) is 0.159. The fourth-order valence-corrected chi connectivity index (χ4v) is 7.59. The number of rotatable bonds is 3. The van der Waals surface area contributed by atoms with E-state index < -0.39 is 321 Å². The van der Waals surface area contributed by atoms with Crippen LogP contribution in [0, 0.1) is 0 Å². The minimum absolute atomic E-state index is 0.551. The summed E-state index contributed by atoms with van der Waals surface area (Å²) in [4.78, 5) is 0. The third-order valence-electron chi connectivity index (χ3n) is 9.81. The molecular formula is C55H34. The van der Waals surface area contributed by atoms with Gasteiger partial charge >= 0.3 is 0 Å². The molecule has 0 saturated heterocycles. The van der Waals surface area contributed by atoms with E-state index in [4.69, 9.17) is 24.7 Å². The van der Waals surface area contributed by atoms with Crippen LogP contribution < -0.4 is 0 Å². The van der Waals surface area contributed by atoms with Crippen molar-refractivity contribution in [3.8, 4) is 55.6 Å². The molecule has 10 aromatic carbocycles. The summed E-state index contributed by atoms with van der Waals surface area (Å²) in [6, 6.07) is -34.9. The highest BCUT2D eigenvalue weighted by Gasteiger charge is 2.51. The van der Waals surface area contributed by atoms with E-state index in [9.17, 15) is 21.9 Å². The maximum absolute atomic E-state index is 10.3. The number of benzene rings is 10. The molecule has 55 heavy (non-hydrogen) atoms. The zero-order valence-corrected chi connectivity index (χ0v) is 27.5. The maximum Gasteiger partial charge on any atom is 0.0725 e. The van der Waals surface area contributed by atoms with Gasteiger partial charge in [-0.25, -0.2) is 0 Å². The first-order valence-electron chi connectivity index (χ1n) is 33.5. The molecule has 0 aromatic heterocycles. The van der Waals surface area contributed by atoms with Gasteiger partial charge in [0, 0.05) is 0 Å². The summed E-state index contributed by atoms with van der Waals surface area (Å²) in [5.41, 5.74) is -14.8. The van der Waals surface area contributed by atoms with E-state index in [1.165, 1.54) is 0 Å². The van der Waals surface area contributed by atoms with Crippen LogP contribution in [0.4, 0.5) is 0 Å². The predicted octanol–water partition coefficient (Wildman–Crippen LogP) is 14.5. The van der Waals surface area contributed by atoms with E-state index in [1.807, 2.05) is 0 Å². The summed E-state index contributed by atoms with van der Waals surface area (Å²) >= 11 is 0. The van der Waals surface area contributed by atoms with E-state index in [1.54, 1.807) is 0 Å². The van der Waals surface area contributed by atoms with Gasteiger partial charge in [0.05, 0.1) is 52.0 Å². The van der Waals surface area contributed by atoms with Crippen LogP contribution in [0.3, 0.4) is 0 Å². The third-order valence-corrected chi connectivity index (χ3v) is 9.81. The SMILES string of the molecule is [2H]c1c([2H])c([2H])c(-c2c([2H])c(-c3c([2H])c([2H])c4c(c3[2H])-c3c([2H])c([2H])c([2H])c([2H])c3C43c4c([2H])c([2H])c([2H])c([2H])c4-c4c([2H])c([2H])c([2H])c([2H])c43)c([2H])c(-c3c([2H])c([2H])c4c5c([2H])c([2H])c([2H])c([2H])c5c5c([2H])c([2H])c([2H])c([2H])c5c4c3[2H])c2[2H])c([2H])c1[2H]. The number of hydrogen-bond acceptors (Lipinski definition) is 0. The molecule has 0 N–H and O–H groups in total. The van der Waals surface area contributed by atoms with Gasteiger partial charge in [-0.3, -0.25) is 0 Å². The second-order valence-corrected chi connectivity index (χ2v) is 12.5. The summed E-state index contributed by atoms with van der Waals surface area (Å²) in [6.07, 6.45) is 0. The van der Waals surface area contributed by atoms with E-state index >= 15 is 0 Å². The minimum atomic E-state index is -2.89. The Kier molecular flexibility index (Phi) is 2.56. The predicted molar refractivity (Wildman–Crippen MR) is 232 cm³/mol. The normalized spacial score (nSPS) is 21.9. The first-order chi connectivity index (χ1) is 41.5. The first kappa shape index (κ1) is 12.2. The number of fused-ring (bicyclic) bond motifs is 16. The lowest BCUT2D eigenvalue weighted by atomic mass is 9.70. The van der Waals surface area contributed by atoms with E-state index in [-0.39, 0.29) is 0 Å². The molecule has 0 heteroatoms. The molecule has 254 valence electrons. The molecule has 1 spiro atoms. The molecule has 10 aromatic rings. The second kappa shape index (κ2) is 11.5. The Morgan fingerprint density at radius 1 is 0.236 bits per heavy atom. The van der Waals surface area contributed by atoms with Crippen molar-refractivity contribution >= 4 is 32.3 Å². The van der Waals surface area contributed by atoms with Gasteiger partial charge < -0.3 is 0 Å². The average Bonchev–Trinajstić information content (AvgIpc) is 1.50. The fraction of sp³-hybridized carbons (Fsp3) is 0.0182. The van der Waals surface area contributed by atoms with Crippen LogP contribution in [0.15, 0.2) is 205 Å². The molecule has 0 nitrogen and oxygen atoms in total. The zero-order chi connectivity index (χ0) is 65.7. The molecule has 12 rings (SSSR count). The molecule has 0 fully saturated rings. The van der Waals surface area contributed by atoms with Crippen LogP contribution >= 0.6 is 0 Å². The Labute approximate surface area is 368 Å². The second-order valence-electron chi connectivity index (χ2n) is 12.5. The monoisotopic (exact) mass is 728 g/mol. The summed E-state index contributed by atoms with van der Waals surface area (Å²) in [5, 5.41) is -3.80. The van der Waals surface area contributed by atoms with Crippen molar-refractivity contribution in [3.05, 3.63) is 228 Å². The molecular weight excluding hydrogens is 661 g/mol. The highest BCUT2D eigenvalue weighted by Crippen LogP contribution is 2.63. The molecule has 0 aliphatic heterocycles. The van der Waals surface area contributed by atoms with Crippen LogP contribution in [0.25, 0.3) is 88.0 Å². The summed E-state index contributed by atoms with van der Waals surface area (Å²) < 4.78 is 315. The van der Waals surface area contributed by atoms with Gasteiger partial charge in [-0.05, 0) is 140 Å². The molecule has 0 saturated carbocycles. The summed E-state index contributed by atoms with van der Waals surface area (Å²) in [7, 11) is 0. The lowest BCUT2D eigenvalue weighted by Gasteiger charge is -2.30. The van der Waals surface area contributed by atoms with Gasteiger partial charge in [-0.2, -0.15) is 0 Å². The third kappa shape index (κ3) is 4.23. The summed E-state index contributed by atoms with van der Waals surface area (Å²) in [6.45, 7) is 0. The molecule has 0 amide bonds. The molecule has 2 aliphatic carbocycles. The van der Waals surface area contributed by atoms with Crippen molar-refractivity contribution in [2.45, 2.75) is 5.41 Å². The van der Waals surface area contributed by atoms with Crippen molar-refractivity contribution in [3.63, 3.8) is 0 Å². The first-order valence-corrected chi connectivity index (χ1v) is 16.5. The smallest absolute Gasteiger partial charge is 0.0622 e. The van der Waals surface area contributed by atoms with Gasteiger partial charge in [0.25, 0.3) is 0 Å². The van der Waals surface area contributed by atoms with Gasteiger partial charge in [-0.15, -0.1) is 0 Å². The number of hydrogen-bond donors (Lipinski definition) is 0. The van der Waals surface area contributed by atoms with Crippen molar-refractivity contribution in [1.82, 2.24) is 0 Å². The molecule has 0 radical (unpaired) electrons. The van der Waals surface area contributed by atoms with Crippen molar-refractivity contribution in [2.24, 2.45) is 0 Å². The van der Waals surface area contributed by atoms with Crippen LogP contribution in [0.2, 0.25) is 0 Å². The van der Waals surface area contributed by atoms with E-state index in [0.717, 1.165) is 0 Å². The van der Waals surface area contributed by atoms with Crippen LogP contribution in [0.1, 0.15) is 68.9 Å². The lowest BCUT2D eigenvalue weighted by Crippen LogP contribution is -2.25. The molecule has 2 aliphatic rings. The Balaban J connectivity index is 1.34. The minimum Gasteiger partial charge on any atom is -0.0622 e. The average molecular weight is 729 g/mol.